The monoisotopic (exact) mass is 400 g/mol. The van der Waals surface area contributed by atoms with Gasteiger partial charge in [-0.1, -0.05) is 6.07 Å². The van der Waals surface area contributed by atoms with E-state index >= 15 is 0 Å². The zero-order valence-corrected chi connectivity index (χ0v) is 14.0. The Hall–Kier alpha value is -1.11. The molecule has 0 fully saturated rings. The molecule has 6 heteroatoms. The molecule has 1 aromatic heterocycles. The molecule has 2 aromatic rings. The summed E-state index contributed by atoms with van der Waals surface area (Å²) in [5.41, 5.74) is 6.58. The lowest BCUT2D eigenvalue weighted by molar-refractivity contribution is 0.207. The van der Waals surface area contributed by atoms with E-state index in [-0.39, 0.29) is 6.10 Å². The lowest BCUT2D eigenvalue weighted by Gasteiger charge is -2.18. The Balaban J connectivity index is 2.26. The molecule has 1 unspecified atom stereocenters. The number of halogens is 2. The van der Waals surface area contributed by atoms with Crippen LogP contribution >= 0.6 is 31.9 Å². The number of nitrogens with zero attached hydrogens (tertiary/aromatic N) is 1. The van der Waals surface area contributed by atoms with E-state index in [1.54, 1.807) is 13.3 Å². The topological polar surface area (TPSA) is 57.4 Å². The van der Waals surface area contributed by atoms with Crippen LogP contribution in [0.3, 0.4) is 0 Å². The van der Waals surface area contributed by atoms with Crippen molar-refractivity contribution >= 4 is 31.9 Å². The molecule has 0 amide bonds. The van der Waals surface area contributed by atoms with E-state index in [0.717, 1.165) is 20.4 Å². The summed E-state index contributed by atoms with van der Waals surface area (Å²) in [6, 6.07) is 9.34. The number of nitrogens with two attached hydrogens (primary N) is 1. The Bertz CT molecular complexity index is 579. The lowest BCUT2D eigenvalue weighted by atomic mass is 10.2. The average molecular weight is 402 g/mol. The third-order valence-electron chi connectivity index (χ3n) is 2.71. The summed E-state index contributed by atoms with van der Waals surface area (Å²) in [6.45, 7) is 0.340. The predicted octanol–water partition coefficient (Wildman–Crippen LogP) is 3.69. The molecule has 2 rings (SSSR count). The van der Waals surface area contributed by atoms with Crippen molar-refractivity contribution in [3.63, 3.8) is 0 Å². The number of benzene rings is 1. The van der Waals surface area contributed by atoms with Crippen LogP contribution < -0.4 is 15.2 Å². The van der Waals surface area contributed by atoms with E-state index < -0.39 is 0 Å². The number of ether oxygens (including phenoxy) is 2. The lowest BCUT2D eigenvalue weighted by Crippen LogP contribution is -2.19. The van der Waals surface area contributed by atoms with Crippen molar-refractivity contribution < 1.29 is 9.47 Å². The Morgan fingerprint density at radius 1 is 1.20 bits per heavy atom. The van der Waals surface area contributed by atoms with Gasteiger partial charge in [0.05, 0.1) is 21.7 Å². The highest BCUT2D eigenvalue weighted by molar-refractivity contribution is 9.11. The second-order valence-electron chi connectivity index (χ2n) is 4.01. The van der Waals surface area contributed by atoms with Gasteiger partial charge in [-0.3, -0.25) is 4.98 Å². The van der Waals surface area contributed by atoms with E-state index in [1.165, 1.54) is 0 Å². The molecule has 4 nitrogen and oxygen atoms in total. The SMILES string of the molecule is COc1cc(Br)c(OC(CN)c2ccccn2)cc1Br. The summed E-state index contributed by atoms with van der Waals surface area (Å²) in [7, 11) is 1.61. The molecule has 1 aromatic carbocycles. The van der Waals surface area contributed by atoms with Gasteiger partial charge in [0.2, 0.25) is 0 Å². The van der Waals surface area contributed by atoms with Gasteiger partial charge in [0.1, 0.15) is 11.5 Å². The van der Waals surface area contributed by atoms with Crippen LogP contribution in [0.5, 0.6) is 11.5 Å². The molecule has 1 heterocycles. The Morgan fingerprint density at radius 3 is 2.50 bits per heavy atom. The highest BCUT2D eigenvalue weighted by Gasteiger charge is 2.16. The van der Waals surface area contributed by atoms with Gasteiger partial charge in [-0.05, 0) is 56.1 Å². The van der Waals surface area contributed by atoms with Crippen molar-refractivity contribution in [3.05, 3.63) is 51.2 Å². The zero-order chi connectivity index (χ0) is 14.5. The predicted molar refractivity (Wildman–Crippen MR) is 85.1 cm³/mol. The average Bonchev–Trinajstić information content (AvgIpc) is 2.48. The standard InChI is InChI=1S/C14H14Br2N2O2/c1-19-12-6-10(16)13(7-9(12)15)20-14(8-17)11-4-2-3-5-18-11/h2-7,14H,8,17H2,1H3. The molecular formula is C14H14Br2N2O2. The first-order valence-corrected chi connectivity index (χ1v) is 7.55. The fourth-order valence-corrected chi connectivity index (χ4v) is 2.61. The second-order valence-corrected chi connectivity index (χ2v) is 5.72. The van der Waals surface area contributed by atoms with Crippen molar-refractivity contribution in [2.75, 3.05) is 13.7 Å². The molecule has 0 saturated carbocycles. The maximum Gasteiger partial charge on any atom is 0.153 e. The van der Waals surface area contributed by atoms with Crippen molar-refractivity contribution in [2.24, 2.45) is 5.73 Å². The molecule has 0 aliphatic rings. The van der Waals surface area contributed by atoms with E-state index in [1.807, 2.05) is 30.3 Å². The van der Waals surface area contributed by atoms with Gasteiger partial charge in [0.25, 0.3) is 0 Å². The van der Waals surface area contributed by atoms with Crippen LogP contribution in [-0.2, 0) is 0 Å². The number of rotatable bonds is 5. The van der Waals surface area contributed by atoms with Crippen LogP contribution in [0.2, 0.25) is 0 Å². The fraction of sp³-hybridized carbons (Fsp3) is 0.214. The molecule has 106 valence electrons. The van der Waals surface area contributed by atoms with Gasteiger partial charge in [-0.15, -0.1) is 0 Å². The number of hydrogen-bond donors (Lipinski definition) is 1. The molecule has 0 spiro atoms. The minimum Gasteiger partial charge on any atom is -0.496 e. The number of pyridine rings is 1. The molecule has 0 bridgehead atoms. The molecule has 0 aliphatic carbocycles. The van der Waals surface area contributed by atoms with E-state index in [2.05, 4.69) is 36.8 Å². The van der Waals surface area contributed by atoms with E-state index in [0.29, 0.717) is 12.3 Å². The smallest absolute Gasteiger partial charge is 0.153 e. The van der Waals surface area contributed by atoms with E-state index in [4.69, 9.17) is 15.2 Å². The van der Waals surface area contributed by atoms with Crippen molar-refractivity contribution in [1.29, 1.82) is 0 Å². The molecule has 20 heavy (non-hydrogen) atoms. The van der Waals surface area contributed by atoms with Crippen LogP contribution in [-0.4, -0.2) is 18.6 Å². The summed E-state index contributed by atoms with van der Waals surface area (Å²) in [4.78, 5) is 4.28. The molecule has 2 N–H and O–H groups in total. The van der Waals surface area contributed by atoms with Gasteiger partial charge in [-0.2, -0.15) is 0 Å². The highest BCUT2D eigenvalue weighted by atomic mass is 79.9. The summed E-state index contributed by atoms with van der Waals surface area (Å²) in [5, 5.41) is 0. The number of aromatic nitrogens is 1. The van der Waals surface area contributed by atoms with Crippen LogP contribution in [0, 0.1) is 0 Å². The Morgan fingerprint density at radius 2 is 1.90 bits per heavy atom. The largest absolute Gasteiger partial charge is 0.496 e. The van der Waals surface area contributed by atoms with Gasteiger partial charge >= 0.3 is 0 Å². The molecular weight excluding hydrogens is 388 g/mol. The maximum atomic E-state index is 5.94. The van der Waals surface area contributed by atoms with Gasteiger partial charge in [0.15, 0.2) is 6.10 Å². The zero-order valence-electron chi connectivity index (χ0n) is 10.8. The Kier molecular flexibility index (Phi) is 5.39. The first-order chi connectivity index (χ1) is 9.65. The van der Waals surface area contributed by atoms with Crippen LogP contribution in [0.25, 0.3) is 0 Å². The molecule has 1 atom stereocenters. The molecule has 0 radical (unpaired) electrons. The molecule has 0 saturated heterocycles. The van der Waals surface area contributed by atoms with Gasteiger partial charge in [0, 0.05) is 12.7 Å². The van der Waals surface area contributed by atoms with Gasteiger partial charge < -0.3 is 15.2 Å². The van der Waals surface area contributed by atoms with Gasteiger partial charge in [-0.25, -0.2) is 0 Å². The van der Waals surface area contributed by atoms with Crippen LogP contribution in [0.15, 0.2) is 45.5 Å². The first kappa shape index (κ1) is 15.3. The third-order valence-corrected chi connectivity index (χ3v) is 3.95. The molecule has 0 aliphatic heterocycles. The Labute approximate surface area is 134 Å². The van der Waals surface area contributed by atoms with Crippen molar-refractivity contribution in [1.82, 2.24) is 4.98 Å². The first-order valence-electron chi connectivity index (χ1n) is 5.96. The number of hydrogen-bond acceptors (Lipinski definition) is 4. The summed E-state index contributed by atoms with van der Waals surface area (Å²) < 4.78 is 12.8. The second kappa shape index (κ2) is 7.06. The summed E-state index contributed by atoms with van der Waals surface area (Å²) in [6.07, 6.45) is 1.42. The summed E-state index contributed by atoms with van der Waals surface area (Å²) in [5.74, 6) is 1.41. The van der Waals surface area contributed by atoms with Crippen molar-refractivity contribution in [2.45, 2.75) is 6.10 Å². The minimum atomic E-state index is -0.298. The third kappa shape index (κ3) is 3.50. The maximum absolute atomic E-state index is 5.94. The number of methoxy groups -OCH3 is 1. The highest BCUT2D eigenvalue weighted by Crippen LogP contribution is 2.37. The normalized spacial score (nSPS) is 12.0. The van der Waals surface area contributed by atoms with Crippen molar-refractivity contribution in [3.8, 4) is 11.5 Å². The van der Waals surface area contributed by atoms with Crippen LogP contribution in [0.4, 0.5) is 0 Å². The fourth-order valence-electron chi connectivity index (χ4n) is 1.71. The van der Waals surface area contributed by atoms with E-state index in [9.17, 15) is 0 Å². The summed E-state index contributed by atoms with van der Waals surface area (Å²) >= 11 is 6.90. The quantitative estimate of drug-likeness (QED) is 0.829. The minimum absolute atomic E-state index is 0.298. The van der Waals surface area contributed by atoms with Crippen LogP contribution in [0.1, 0.15) is 11.8 Å².